The van der Waals surface area contributed by atoms with Crippen molar-refractivity contribution in [2.75, 3.05) is 19.7 Å². The number of nitrogens with one attached hydrogen (secondary N) is 1. The van der Waals surface area contributed by atoms with E-state index in [9.17, 15) is 8.42 Å². The van der Waals surface area contributed by atoms with Gasteiger partial charge in [0.25, 0.3) is 0 Å². The van der Waals surface area contributed by atoms with Crippen molar-refractivity contribution in [3.8, 4) is 5.75 Å². The Morgan fingerprint density at radius 2 is 2.06 bits per heavy atom. The molecule has 0 bridgehead atoms. The number of benzene rings is 1. The maximum absolute atomic E-state index is 11.7. The van der Waals surface area contributed by atoms with Crippen LogP contribution in [0.4, 0.5) is 0 Å². The van der Waals surface area contributed by atoms with Crippen molar-refractivity contribution in [1.29, 1.82) is 0 Å². The average molecular weight is 295 g/mol. The SMILES string of the molecule is CCNS(=O)(=O)c1ccc(OCCN)c(C)c1.Cl. The fourth-order valence-electron chi connectivity index (χ4n) is 1.39. The molecule has 1 aromatic rings. The molecule has 5 nitrogen and oxygen atoms in total. The van der Waals surface area contributed by atoms with E-state index < -0.39 is 10.0 Å². The van der Waals surface area contributed by atoms with Crippen molar-refractivity contribution in [2.24, 2.45) is 5.73 Å². The molecule has 0 aliphatic carbocycles. The lowest BCUT2D eigenvalue weighted by Crippen LogP contribution is -2.23. The molecule has 0 atom stereocenters. The van der Waals surface area contributed by atoms with Gasteiger partial charge in [-0.15, -0.1) is 12.4 Å². The molecule has 1 rings (SSSR count). The Balaban J connectivity index is 0.00000289. The molecule has 18 heavy (non-hydrogen) atoms. The molecule has 0 fully saturated rings. The summed E-state index contributed by atoms with van der Waals surface area (Å²) in [5.74, 6) is 0.658. The molecule has 0 amide bonds. The van der Waals surface area contributed by atoms with Gasteiger partial charge in [-0.1, -0.05) is 6.92 Å². The van der Waals surface area contributed by atoms with Gasteiger partial charge in [0.15, 0.2) is 0 Å². The van der Waals surface area contributed by atoms with Gasteiger partial charge < -0.3 is 10.5 Å². The zero-order valence-corrected chi connectivity index (χ0v) is 12.1. The molecule has 0 aromatic heterocycles. The van der Waals surface area contributed by atoms with Gasteiger partial charge in [-0.25, -0.2) is 13.1 Å². The summed E-state index contributed by atoms with van der Waals surface area (Å²) in [6.45, 7) is 4.75. The Bertz CT molecular complexity index is 477. The van der Waals surface area contributed by atoms with Crippen molar-refractivity contribution >= 4 is 22.4 Å². The summed E-state index contributed by atoms with van der Waals surface area (Å²) in [6, 6.07) is 4.76. The van der Waals surface area contributed by atoms with Gasteiger partial charge in [-0.05, 0) is 30.7 Å². The minimum absolute atomic E-state index is 0. The largest absolute Gasteiger partial charge is 0.492 e. The zero-order valence-electron chi connectivity index (χ0n) is 10.5. The predicted molar refractivity (Wildman–Crippen MR) is 73.8 cm³/mol. The summed E-state index contributed by atoms with van der Waals surface area (Å²) >= 11 is 0. The first kappa shape index (κ1) is 17.2. The summed E-state index contributed by atoms with van der Waals surface area (Å²) in [5.41, 5.74) is 6.11. The van der Waals surface area contributed by atoms with Crippen LogP contribution in [0.3, 0.4) is 0 Å². The Kier molecular flexibility index (Phi) is 7.23. The maximum atomic E-state index is 11.7. The first-order valence-electron chi connectivity index (χ1n) is 5.44. The van der Waals surface area contributed by atoms with Crippen LogP contribution < -0.4 is 15.2 Å². The van der Waals surface area contributed by atoms with E-state index in [0.717, 1.165) is 5.56 Å². The zero-order chi connectivity index (χ0) is 12.9. The van der Waals surface area contributed by atoms with Crippen LogP contribution >= 0.6 is 12.4 Å². The molecule has 0 aliphatic rings. The molecule has 104 valence electrons. The van der Waals surface area contributed by atoms with E-state index in [4.69, 9.17) is 10.5 Å². The first-order chi connectivity index (χ1) is 8.01. The van der Waals surface area contributed by atoms with Gasteiger partial charge in [0.05, 0.1) is 4.90 Å². The maximum Gasteiger partial charge on any atom is 0.240 e. The smallest absolute Gasteiger partial charge is 0.240 e. The van der Waals surface area contributed by atoms with E-state index in [2.05, 4.69) is 4.72 Å². The topological polar surface area (TPSA) is 81.4 Å². The highest BCUT2D eigenvalue weighted by Crippen LogP contribution is 2.21. The number of aryl methyl sites for hydroxylation is 1. The molecule has 0 radical (unpaired) electrons. The van der Waals surface area contributed by atoms with Crippen LogP contribution in [0.25, 0.3) is 0 Å². The molecule has 0 spiro atoms. The van der Waals surface area contributed by atoms with Gasteiger partial charge in [-0.3, -0.25) is 0 Å². The lowest BCUT2D eigenvalue weighted by atomic mass is 10.2. The fourth-order valence-corrected chi connectivity index (χ4v) is 2.52. The number of nitrogens with two attached hydrogens (primary N) is 1. The van der Waals surface area contributed by atoms with Gasteiger partial charge >= 0.3 is 0 Å². The molecule has 0 aliphatic heterocycles. The number of halogens is 1. The van der Waals surface area contributed by atoms with E-state index in [-0.39, 0.29) is 17.3 Å². The van der Waals surface area contributed by atoms with Gasteiger partial charge in [0.2, 0.25) is 10.0 Å². The number of ether oxygens (including phenoxy) is 1. The second kappa shape index (κ2) is 7.58. The molecular formula is C11H19ClN2O3S. The number of hydrogen-bond donors (Lipinski definition) is 2. The van der Waals surface area contributed by atoms with Gasteiger partial charge in [0, 0.05) is 13.1 Å². The van der Waals surface area contributed by atoms with Crippen LogP contribution in [-0.4, -0.2) is 28.1 Å². The standard InChI is InChI=1S/C11H18N2O3S.ClH/c1-3-13-17(14,15)10-4-5-11(9(2)8-10)16-7-6-12;/h4-5,8,13H,3,6-7,12H2,1-2H3;1H. The van der Waals surface area contributed by atoms with Crippen LogP contribution in [0.1, 0.15) is 12.5 Å². The first-order valence-corrected chi connectivity index (χ1v) is 6.92. The van der Waals surface area contributed by atoms with E-state index >= 15 is 0 Å². The number of rotatable bonds is 6. The second-order valence-corrected chi connectivity index (χ2v) is 5.33. The van der Waals surface area contributed by atoms with Crippen LogP contribution in [0.2, 0.25) is 0 Å². The third-order valence-corrected chi connectivity index (χ3v) is 3.71. The minimum atomic E-state index is -3.40. The minimum Gasteiger partial charge on any atom is -0.492 e. The normalized spacial score (nSPS) is 10.8. The number of sulfonamides is 1. The second-order valence-electron chi connectivity index (χ2n) is 3.57. The van der Waals surface area contributed by atoms with Crippen molar-refractivity contribution in [3.05, 3.63) is 23.8 Å². The highest BCUT2D eigenvalue weighted by molar-refractivity contribution is 7.89. The molecule has 0 saturated carbocycles. The van der Waals surface area contributed by atoms with Crippen LogP contribution in [0.5, 0.6) is 5.75 Å². The van der Waals surface area contributed by atoms with Crippen molar-refractivity contribution < 1.29 is 13.2 Å². The lowest BCUT2D eigenvalue weighted by molar-refractivity contribution is 0.326. The van der Waals surface area contributed by atoms with Gasteiger partial charge in [-0.2, -0.15) is 0 Å². The lowest BCUT2D eigenvalue weighted by Gasteiger charge is -2.10. The van der Waals surface area contributed by atoms with Crippen LogP contribution in [-0.2, 0) is 10.0 Å². The number of hydrogen-bond acceptors (Lipinski definition) is 4. The van der Waals surface area contributed by atoms with Crippen LogP contribution in [0, 0.1) is 6.92 Å². The third-order valence-electron chi connectivity index (χ3n) is 2.17. The van der Waals surface area contributed by atoms with Crippen LogP contribution in [0.15, 0.2) is 23.1 Å². The predicted octanol–water partition coefficient (Wildman–Crippen LogP) is 1.05. The monoisotopic (exact) mass is 294 g/mol. The summed E-state index contributed by atoms with van der Waals surface area (Å²) < 4.78 is 31.3. The van der Waals surface area contributed by atoms with E-state index in [1.807, 2.05) is 0 Å². The molecule has 0 heterocycles. The van der Waals surface area contributed by atoms with Crippen molar-refractivity contribution in [3.63, 3.8) is 0 Å². The summed E-state index contributed by atoms with van der Waals surface area (Å²) in [4.78, 5) is 0.247. The average Bonchev–Trinajstić information content (AvgIpc) is 2.27. The highest BCUT2D eigenvalue weighted by Gasteiger charge is 2.13. The van der Waals surface area contributed by atoms with Gasteiger partial charge in [0.1, 0.15) is 12.4 Å². The quantitative estimate of drug-likeness (QED) is 0.822. The molecule has 3 N–H and O–H groups in total. The summed E-state index contributed by atoms with van der Waals surface area (Å²) in [7, 11) is -3.40. The molecule has 1 aromatic carbocycles. The molecule has 0 unspecified atom stereocenters. The molecule has 7 heteroatoms. The summed E-state index contributed by atoms with van der Waals surface area (Å²) in [6.07, 6.45) is 0. The fraction of sp³-hybridized carbons (Fsp3) is 0.455. The van der Waals surface area contributed by atoms with Crippen molar-refractivity contribution in [1.82, 2.24) is 4.72 Å². The Labute approximate surface area is 114 Å². The Morgan fingerprint density at radius 3 is 2.56 bits per heavy atom. The van der Waals surface area contributed by atoms with E-state index in [1.165, 1.54) is 6.07 Å². The molecular weight excluding hydrogens is 276 g/mol. The van der Waals surface area contributed by atoms with Crippen molar-refractivity contribution in [2.45, 2.75) is 18.7 Å². The third kappa shape index (κ3) is 4.45. The highest BCUT2D eigenvalue weighted by atomic mass is 35.5. The Hall–Kier alpha value is -0.820. The molecule has 0 saturated heterocycles. The Morgan fingerprint density at radius 1 is 1.39 bits per heavy atom. The summed E-state index contributed by atoms with van der Waals surface area (Å²) in [5, 5.41) is 0. The van der Waals surface area contributed by atoms with E-state index in [0.29, 0.717) is 25.4 Å². The van der Waals surface area contributed by atoms with E-state index in [1.54, 1.807) is 26.0 Å².